The summed E-state index contributed by atoms with van der Waals surface area (Å²) in [4.78, 5) is 23.9. The van der Waals surface area contributed by atoms with Gasteiger partial charge in [0, 0.05) is 6.61 Å². The third kappa shape index (κ3) is 4.42. The van der Waals surface area contributed by atoms with Gasteiger partial charge in [-0.15, -0.1) is 0 Å². The van der Waals surface area contributed by atoms with E-state index >= 15 is 0 Å². The van der Waals surface area contributed by atoms with Gasteiger partial charge in [-0.25, -0.2) is 32.2 Å². The molecule has 0 saturated heterocycles. The van der Waals surface area contributed by atoms with Crippen molar-refractivity contribution in [3.63, 3.8) is 0 Å². The number of halogens is 2. The van der Waals surface area contributed by atoms with Gasteiger partial charge in [0.1, 0.15) is 28.0 Å². The van der Waals surface area contributed by atoms with Crippen LogP contribution in [-0.2, 0) is 9.84 Å². The van der Waals surface area contributed by atoms with E-state index < -0.39 is 38.0 Å². The lowest BCUT2D eigenvalue weighted by atomic mass is 10.2. The highest BCUT2D eigenvalue weighted by atomic mass is 32.2. The molecule has 1 amide bonds. The number of anilines is 2. The molecule has 158 valence electrons. The van der Waals surface area contributed by atoms with E-state index in [2.05, 4.69) is 20.3 Å². The number of amides is 1. The molecule has 1 aromatic carbocycles. The van der Waals surface area contributed by atoms with E-state index in [0.29, 0.717) is 11.3 Å². The Bertz CT molecular complexity index is 1180. The van der Waals surface area contributed by atoms with Gasteiger partial charge in [0.15, 0.2) is 20.6 Å². The number of thiazole rings is 1. The Morgan fingerprint density at radius 2 is 1.97 bits per heavy atom. The van der Waals surface area contributed by atoms with Gasteiger partial charge in [0.05, 0.1) is 23.2 Å². The zero-order chi connectivity index (χ0) is 21.9. The number of aliphatic hydroxyl groups excluding tert-OH is 1. The standard InChI is InChI=1S/C17H15F2N5O4S2/c18-9-3-1-4-10(19)12(9)16-24-13(14(20)29-16)15(26)23-11-7-21-8-22-17(11)30(27,28)6-2-5-25/h1,3-4,7-8,25H,2,5-6,20H2,(H,23,26). The quantitative estimate of drug-likeness (QED) is 0.457. The minimum Gasteiger partial charge on any atom is -0.396 e. The Kier molecular flexibility index (Phi) is 6.34. The summed E-state index contributed by atoms with van der Waals surface area (Å²) >= 11 is 0.704. The number of nitrogens with two attached hydrogens (primary N) is 1. The number of rotatable bonds is 7. The first kappa shape index (κ1) is 21.7. The Hall–Kier alpha value is -3.03. The largest absolute Gasteiger partial charge is 0.396 e. The lowest BCUT2D eigenvalue weighted by molar-refractivity contribution is 0.102. The van der Waals surface area contributed by atoms with Crippen molar-refractivity contribution in [3.05, 3.63) is 48.1 Å². The second kappa shape index (κ2) is 8.77. The number of nitrogens with zero attached hydrogens (tertiary/aromatic N) is 3. The minimum absolute atomic E-state index is 0.0175. The van der Waals surface area contributed by atoms with E-state index in [9.17, 15) is 22.0 Å². The molecule has 0 fully saturated rings. The van der Waals surface area contributed by atoms with Gasteiger partial charge in [-0.3, -0.25) is 4.79 Å². The number of aliphatic hydroxyl groups is 1. The van der Waals surface area contributed by atoms with Crippen LogP contribution in [0.4, 0.5) is 19.5 Å². The van der Waals surface area contributed by atoms with E-state index in [1.165, 1.54) is 6.07 Å². The SMILES string of the molecule is Nc1sc(-c2c(F)cccc2F)nc1C(=O)Nc1cncnc1S(=O)(=O)CCCO. The predicted octanol–water partition coefficient (Wildman–Crippen LogP) is 1.87. The first-order chi connectivity index (χ1) is 14.2. The van der Waals surface area contributed by atoms with Crippen LogP contribution in [0.25, 0.3) is 10.6 Å². The fraction of sp³-hybridized carbons (Fsp3) is 0.176. The normalized spacial score (nSPS) is 11.4. The van der Waals surface area contributed by atoms with Gasteiger partial charge in [-0.05, 0) is 18.6 Å². The second-order valence-electron chi connectivity index (χ2n) is 5.92. The topological polar surface area (TPSA) is 148 Å². The second-order valence-corrected chi connectivity index (χ2v) is 8.98. The molecule has 0 radical (unpaired) electrons. The van der Waals surface area contributed by atoms with Gasteiger partial charge in [-0.1, -0.05) is 17.4 Å². The monoisotopic (exact) mass is 455 g/mol. The van der Waals surface area contributed by atoms with Crippen LogP contribution in [0.15, 0.2) is 35.7 Å². The molecule has 0 saturated carbocycles. The Morgan fingerprint density at radius 3 is 2.63 bits per heavy atom. The van der Waals surface area contributed by atoms with E-state index in [0.717, 1.165) is 24.7 Å². The summed E-state index contributed by atoms with van der Waals surface area (Å²) in [5.41, 5.74) is 4.82. The number of benzene rings is 1. The number of hydrogen-bond donors (Lipinski definition) is 3. The molecule has 4 N–H and O–H groups in total. The molecule has 2 aromatic heterocycles. The van der Waals surface area contributed by atoms with Crippen molar-refractivity contribution in [2.24, 2.45) is 0 Å². The van der Waals surface area contributed by atoms with Gasteiger partial charge < -0.3 is 16.2 Å². The van der Waals surface area contributed by atoms with Gasteiger partial charge in [0.2, 0.25) is 0 Å². The number of aromatic nitrogens is 3. The van der Waals surface area contributed by atoms with Crippen LogP contribution in [0.2, 0.25) is 0 Å². The van der Waals surface area contributed by atoms with Crippen LogP contribution in [0.5, 0.6) is 0 Å². The van der Waals surface area contributed by atoms with E-state index in [1.54, 1.807) is 0 Å². The molecule has 0 spiro atoms. The van der Waals surface area contributed by atoms with Gasteiger partial charge in [-0.2, -0.15) is 0 Å². The van der Waals surface area contributed by atoms with Crippen molar-refractivity contribution in [2.45, 2.75) is 11.4 Å². The van der Waals surface area contributed by atoms with Crippen molar-refractivity contribution in [2.75, 3.05) is 23.4 Å². The van der Waals surface area contributed by atoms with Crippen LogP contribution in [0.1, 0.15) is 16.9 Å². The first-order valence-corrected chi connectivity index (χ1v) is 10.9. The lowest BCUT2D eigenvalue weighted by Gasteiger charge is -2.09. The number of carbonyl (C=O) groups is 1. The summed E-state index contributed by atoms with van der Waals surface area (Å²) < 4.78 is 52.8. The fourth-order valence-corrected chi connectivity index (χ4v) is 4.71. The summed E-state index contributed by atoms with van der Waals surface area (Å²) in [6.07, 6.45) is 2.06. The van der Waals surface area contributed by atoms with Crippen LogP contribution >= 0.6 is 11.3 Å². The molecule has 2 heterocycles. The fourth-order valence-electron chi connectivity index (χ4n) is 2.49. The predicted molar refractivity (Wildman–Crippen MR) is 106 cm³/mol. The molecule has 0 aliphatic heterocycles. The molecule has 0 unspecified atom stereocenters. The smallest absolute Gasteiger partial charge is 0.277 e. The van der Waals surface area contributed by atoms with E-state index in [1.807, 2.05) is 0 Å². The highest BCUT2D eigenvalue weighted by Crippen LogP contribution is 2.34. The molecular weight excluding hydrogens is 440 g/mol. The van der Waals surface area contributed by atoms with Crippen LogP contribution in [0.3, 0.4) is 0 Å². The minimum atomic E-state index is -3.91. The van der Waals surface area contributed by atoms with Crippen molar-refractivity contribution < 1.29 is 27.1 Å². The first-order valence-electron chi connectivity index (χ1n) is 8.40. The number of nitrogens with one attached hydrogen (secondary N) is 1. The number of carbonyl (C=O) groups excluding carboxylic acids is 1. The number of hydrogen-bond acceptors (Lipinski definition) is 9. The molecule has 0 aliphatic rings. The van der Waals surface area contributed by atoms with Crippen molar-refractivity contribution in [1.82, 2.24) is 15.0 Å². The van der Waals surface area contributed by atoms with Gasteiger partial charge in [0.25, 0.3) is 5.91 Å². The maximum Gasteiger partial charge on any atom is 0.277 e. The van der Waals surface area contributed by atoms with Gasteiger partial charge >= 0.3 is 0 Å². The number of sulfone groups is 1. The lowest BCUT2D eigenvalue weighted by Crippen LogP contribution is -2.19. The zero-order valence-electron chi connectivity index (χ0n) is 15.2. The maximum absolute atomic E-state index is 14.0. The Morgan fingerprint density at radius 1 is 1.27 bits per heavy atom. The molecule has 0 bridgehead atoms. The van der Waals surface area contributed by atoms with Crippen molar-refractivity contribution in [3.8, 4) is 10.6 Å². The number of nitrogen functional groups attached to an aromatic ring is 1. The van der Waals surface area contributed by atoms with E-state index in [4.69, 9.17) is 10.8 Å². The highest BCUT2D eigenvalue weighted by Gasteiger charge is 2.25. The maximum atomic E-state index is 14.0. The van der Waals surface area contributed by atoms with Crippen LogP contribution in [0, 0.1) is 11.6 Å². The summed E-state index contributed by atoms with van der Waals surface area (Å²) in [5, 5.41) is 10.5. The van der Waals surface area contributed by atoms with Crippen molar-refractivity contribution in [1.29, 1.82) is 0 Å². The van der Waals surface area contributed by atoms with Crippen LogP contribution < -0.4 is 11.1 Å². The molecule has 0 aliphatic carbocycles. The molecule has 30 heavy (non-hydrogen) atoms. The molecule has 13 heteroatoms. The highest BCUT2D eigenvalue weighted by molar-refractivity contribution is 7.91. The third-order valence-corrected chi connectivity index (χ3v) is 6.48. The van der Waals surface area contributed by atoms with Crippen LogP contribution in [-0.4, -0.2) is 46.7 Å². The summed E-state index contributed by atoms with van der Waals surface area (Å²) in [6.45, 7) is -0.337. The molecule has 3 aromatic rings. The molecular formula is C17H15F2N5O4S2. The third-order valence-electron chi connectivity index (χ3n) is 3.83. The summed E-state index contributed by atoms with van der Waals surface area (Å²) in [6, 6.07) is 3.27. The zero-order valence-corrected chi connectivity index (χ0v) is 16.8. The van der Waals surface area contributed by atoms with Crippen molar-refractivity contribution >= 4 is 37.8 Å². The molecule has 9 nitrogen and oxygen atoms in total. The molecule has 3 rings (SSSR count). The molecule has 0 atom stereocenters. The Balaban J connectivity index is 1.93. The summed E-state index contributed by atoms with van der Waals surface area (Å²) in [5.74, 6) is -3.03. The summed E-state index contributed by atoms with van der Waals surface area (Å²) in [7, 11) is -3.91. The average molecular weight is 455 g/mol. The van der Waals surface area contributed by atoms with E-state index in [-0.39, 0.29) is 40.2 Å². The Labute approximate surface area is 173 Å². The average Bonchev–Trinajstić information content (AvgIpc) is 3.08.